The highest BCUT2D eigenvalue weighted by molar-refractivity contribution is 7.92. The Morgan fingerprint density at radius 1 is 1.14 bits per heavy atom. The first-order valence-electron chi connectivity index (χ1n) is 14.0. The molecule has 0 bridgehead atoms. The Labute approximate surface area is 247 Å². The predicted molar refractivity (Wildman–Crippen MR) is 158 cm³/mol. The molecule has 1 saturated heterocycles. The van der Waals surface area contributed by atoms with Gasteiger partial charge in [-0.05, 0) is 62.8 Å². The van der Waals surface area contributed by atoms with E-state index in [-0.39, 0.29) is 40.2 Å². The van der Waals surface area contributed by atoms with Gasteiger partial charge in [0.2, 0.25) is 15.9 Å². The maximum atomic E-state index is 14.4. The number of fused-ring (bicyclic) bond motifs is 1. The second kappa shape index (κ2) is 11.2. The van der Waals surface area contributed by atoms with E-state index in [1.165, 1.54) is 17.7 Å². The average molecular weight is 615 g/mol. The highest BCUT2D eigenvalue weighted by Crippen LogP contribution is 2.39. The number of alkyl halides is 2. The van der Waals surface area contributed by atoms with E-state index in [4.69, 9.17) is 4.74 Å². The fraction of sp³-hybridized carbons (Fsp3) is 0.429. The summed E-state index contributed by atoms with van der Waals surface area (Å²) in [5.41, 5.74) is 2.69. The summed E-state index contributed by atoms with van der Waals surface area (Å²) >= 11 is 0. The van der Waals surface area contributed by atoms with Crippen LogP contribution >= 0.6 is 0 Å². The summed E-state index contributed by atoms with van der Waals surface area (Å²) < 4.78 is 63.9. The zero-order chi connectivity index (χ0) is 30.5. The van der Waals surface area contributed by atoms with Crippen LogP contribution in [0.1, 0.15) is 56.1 Å². The molecule has 1 atom stereocenters. The summed E-state index contributed by atoms with van der Waals surface area (Å²) in [7, 11) is -2.28. The lowest BCUT2D eigenvalue weighted by Gasteiger charge is -2.25. The van der Waals surface area contributed by atoms with Gasteiger partial charge in [-0.2, -0.15) is 5.10 Å². The summed E-state index contributed by atoms with van der Waals surface area (Å²) in [6.07, 6.45) is 4.62. The van der Waals surface area contributed by atoms with Crippen molar-refractivity contribution in [3.05, 3.63) is 48.0 Å². The van der Waals surface area contributed by atoms with Crippen molar-refractivity contribution in [3.8, 4) is 5.69 Å². The minimum absolute atomic E-state index is 0.120. The van der Waals surface area contributed by atoms with Gasteiger partial charge in [-0.25, -0.2) is 31.8 Å². The van der Waals surface area contributed by atoms with Crippen LogP contribution in [0.15, 0.2) is 36.7 Å². The summed E-state index contributed by atoms with van der Waals surface area (Å²) in [6.45, 7) is 2.31. The topological polar surface area (TPSA) is 136 Å². The van der Waals surface area contributed by atoms with Crippen molar-refractivity contribution in [2.24, 2.45) is 5.92 Å². The van der Waals surface area contributed by atoms with Crippen LogP contribution in [0.2, 0.25) is 0 Å². The number of anilines is 4. The third-order valence-corrected chi connectivity index (χ3v) is 8.77. The van der Waals surface area contributed by atoms with E-state index in [0.29, 0.717) is 24.4 Å². The maximum Gasteiger partial charge on any atom is 0.295 e. The van der Waals surface area contributed by atoms with Crippen LogP contribution in [0.25, 0.3) is 16.9 Å². The van der Waals surface area contributed by atoms with E-state index >= 15 is 0 Å². The highest BCUT2D eigenvalue weighted by atomic mass is 32.2. The van der Waals surface area contributed by atoms with Crippen LogP contribution in [0.4, 0.5) is 31.7 Å². The van der Waals surface area contributed by atoms with Gasteiger partial charge in [0.15, 0.2) is 11.5 Å². The quantitative estimate of drug-likeness (QED) is 0.267. The second-order valence-corrected chi connectivity index (χ2v) is 13.0. The Morgan fingerprint density at radius 2 is 1.93 bits per heavy atom. The number of pyridine rings is 1. The number of hydrogen-bond acceptors (Lipinski definition) is 8. The third-order valence-electron chi connectivity index (χ3n) is 7.58. The van der Waals surface area contributed by atoms with E-state index in [1.807, 2.05) is 6.92 Å². The molecular weight excluding hydrogens is 582 g/mol. The molecule has 43 heavy (non-hydrogen) atoms. The van der Waals surface area contributed by atoms with Gasteiger partial charge in [0.05, 0.1) is 35.2 Å². The van der Waals surface area contributed by atoms with Gasteiger partial charge in [-0.3, -0.25) is 13.7 Å². The van der Waals surface area contributed by atoms with E-state index in [0.717, 1.165) is 41.8 Å². The van der Waals surface area contributed by atoms with Crippen LogP contribution in [0.5, 0.6) is 0 Å². The minimum atomic E-state index is -3.70. The van der Waals surface area contributed by atoms with Crippen molar-refractivity contribution in [1.82, 2.24) is 24.3 Å². The van der Waals surface area contributed by atoms with Gasteiger partial charge in [-0.15, -0.1) is 0 Å². The van der Waals surface area contributed by atoms with Crippen LogP contribution in [-0.2, 0) is 19.6 Å². The number of carbonyl (C=O) groups excluding carboxylic acids is 1. The van der Waals surface area contributed by atoms with Gasteiger partial charge in [0.1, 0.15) is 17.6 Å². The van der Waals surface area contributed by atoms with E-state index < -0.39 is 28.5 Å². The largest absolute Gasteiger partial charge is 0.358 e. The number of aromatic nitrogens is 5. The number of aryl methyl sites for hydroxylation is 1. The summed E-state index contributed by atoms with van der Waals surface area (Å²) in [6, 6.07) is 6.60. The summed E-state index contributed by atoms with van der Waals surface area (Å²) in [4.78, 5) is 21.5. The molecule has 6 rings (SSSR count). The fourth-order valence-electron chi connectivity index (χ4n) is 5.08. The van der Waals surface area contributed by atoms with E-state index in [2.05, 4.69) is 25.7 Å². The minimum Gasteiger partial charge on any atom is -0.358 e. The molecule has 15 heteroatoms. The van der Waals surface area contributed by atoms with Crippen LogP contribution in [0, 0.1) is 12.8 Å². The molecule has 2 N–H and O–H groups in total. The summed E-state index contributed by atoms with van der Waals surface area (Å²) in [5, 5.41) is 10.3. The first kappa shape index (κ1) is 29.0. The Bertz CT molecular complexity index is 1800. The molecular formula is C28H32F2N8O4S. The van der Waals surface area contributed by atoms with Crippen LogP contribution in [0.3, 0.4) is 0 Å². The number of nitrogens with one attached hydrogen (secondary N) is 2. The molecule has 3 aromatic heterocycles. The van der Waals surface area contributed by atoms with Crippen molar-refractivity contribution < 1.29 is 26.7 Å². The van der Waals surface area contributed by atoms with E-state index in [9.17, 15) is 22.0 Å². The molecule has 12 nitrogen and oxygen atoms in total. The van der Waals surface area contributed by atoms with Gasteiger partial charge in [0.25, 0.3) is 6.43 Å². The number of sulfonamides is 1. The number of rotatable bonds is 9. The zero-order valence-electron chi connectivity index (χ0n) is 23.9. The molecule has 1 unspecified atom stereocenters. The monoisotopic (exact) mass is 614 g/mol. The lowest BCUT2D eigenvalue weighted by atomic mass is 10.2. The molecule has 0 radical (unpaired) electrons. The molecule has 1 aliphatic heterocycles. The zero-order valence-corrected chi connectivity index (χ0v) is 24.7. The van der Waals surface area contributed by atoms with Crippen molar-refractivity contribution in [1.29, 1.82) is 0 Å². The number of amides is 1. The number of halogens is 2. The molecule has 1 amide bonds. The van der Waals surface area contributed by atoms with Gasteiger partial charge in [0, 0.05) is 31.8 Å². The summed E-state index contributed by atoms with van der Waals surface area (Å²) in [5.74, 6) is -0.666. The van der Waals surface area contributed by atoms with Crippen molar-refractivity contribution in [2.45, 2.75) is 51.7 Å². The van der Waals surface area contributed by atoms with Gasteiger partial charge in [-0.1, -0.05) is 0 Å². The highest BCUT2D eigenvalue weighted by Gasteiger charge is 2.32. The molecule has 4 aromatic rings. The predicted octanol–water partition coefficient (Wildman–Crippen LogP) is 5.05. The molecule has 1 aliphatic carbocycles. The molecule has 228 valence electrons. The second-order valence-electron chi connectivity index (χ2n) is 11.0. The fourth-order valence-corrected chi connectivity index (χ4v) is 5.59. The molecule has 1 saturated carbocycles. The SMILES string of the molecule is Cc1cnn(-c2ccc(Nc3cc(NC(=O)C4CC4)nc4c3nc(C(F)F)n4C3CCCCO3)c(N(C)S(C)(=O)=O)c2)c1. The Balaban J connectivity index is 1.50. The molecule has 2 fully saturated rings. The number of ether oxygens (including phenoxy) is 1. The third kappa shape index (κ3) is 5.91. The van der Waals surface area contributed by atoms with Crippen molar-refractivity contribution in [2.75, 3.05) is 34.8 Å². The number of nitrogens with zero attached hydrogens (tertiary/aromatic N) is 6. The smallest absolute Gasteiger partial charge is 0.295 e. The van der Waals surface area contributed by atoms with Gasteiger partial charge < -0.3 is 15.4 Å². The first-order chi connectivity index (χ1) is 20.5. The first-order valence-corrected chi connectivity index (χ1v) is 15.8. The van der Waals surface area contributed by atoms with Crippen molar-refractivity contribution >= 4 is 50.0 Å². The van der Waals surface area contributed by atoms with Crippen LogP contribution in [-0.4, -0.2) is 58.6 Å². The Hall–Kier alpha value is -4.11. The number of carbonyl (C=O) groups is 1. The molecule has 2 aliphatic rings. The molecule has 0 spiro atoms. The van der Waals surface area contributed by atoms with Crippen molar-refractivity contribution in [3.63, 3.8) is 0 Å². The molecule has 4 heterocycles. The van der Waals surface area contributed by atoms with E-state index in [1.54, 1.807) is 35.3 Å². The maximum absolute atomic E-state index is 14.4. The average Bonchev–Trinajstić information content (AvgIpc) is 3.62. The normalized spacial score (nSPS) is 17.4. The number of hydrogen-bond donors (Lipinski definition) is 2. The lowest BCUT2D eigenvalue weighted by molar-refractivity contribution is -0.117. The number of benzene rings is 1. The van der Waals surface area contributed by atoms with Gasteiger partial charge >= 0.3 is 0 Å². The standard InChI is InChI=1S/C28H32F2N8O4S/c1-16-14-31-37(15-16)18-9-10-19(21(12-18)36(2)43(3,40)41)32-20-13-22(34-28(39)17-7-8-17)33-26-24(20)35-27(25(29)30)38(26)23-6-4-5-11-42-23/h9-10,12-15,17,23,25H,4-8,11H2,1-3H3,(H2,32,33,34,39). The Kier molecular flexibility index (Phi) is 7.54. The number of imidazole rings is 1. The Morgan fingerprint density at radius 3 is 2.56 bits per heavy atom. The molecule has 1 aromatic carbocycles. The van der Waals surface area contributed by atoms with Crippen LogP contribution < -0.4 is 14.9 Å². The lowest BCUT2D eigenvalue weighted by Crippen LogP contribution is -2.25.